The van der Waals surface area contributed by atoms with E-state index >= 15 is 0 Å². The first-order chi connectivity index (χ1) is 7.11. The van der Waals surface area contributed by atoms with Crippen LogP contribution in [0.25, 0.3) is 0 Å². The van der Waals surface area contributed by atoms with E-state index in [4.69, 9.17) is 5.26 Å². The number of rotatable bonds is 2. The summed E-state index contributed by atoms with van der Waals surface area (Å²) in [5.74, 6) is -3.57. The molecule has 0 fully saturated rings. The maximum absolute atomic E-state index is 13.2. The molecule has 1 rings (SSSR count). The Morgan fingerprint density at radius 1 is 1.53 bits per heavy atom. The van der Waals surface area contributed by atoms with E-state index in [-0.39, 0.29) is 12.2 Å². The standard InChI is InChI=1S/C10H7F2NO2/c1-2-15-10(14)8-6(5-13)3-4-7(11)9(8)12/h3-4H,2H2,1H3. The molecule has 0 unspecified atom stereocenters. The first-order valence-corrected chi connectivity index (χ1v) is 4.17. The second kappa shape index (κ2) is 4.51. The Morgan fingerprint density at radius 2 is 2.20 bits per heavy atom. The Labute approximate surface area is 84.9 Å². The Balaban J connectivity index is 3.31. The van der Waals surface area contributed by atoms with Crippen molar-refractivity contribution in [3.05, 3.63) is 34.9 Å². The topological polar surface area (TPSA) is 50.1 Å². The number of ether oxygens (including phenoxy) is 1. The number of carbonyl (C=O) groups is 1. The number of hydrogen-bond donors (Lipinski definition) is 0. The van der Waals surface area contributed by atoms with Gasteiger partial charge in [-0.25, -0.2) is 13.6 Å². The van der Waals surface area contributed by atoms with Gasteiger partial charge in [-0.05, 0) is 19.1 Å². The molecule has 1 aromatic carbocycles. The first-order valence-electron chi connectivity index (χ1n) is 4.17. The van der Waals surface area contributed by atoms with Crippen molar-refractivity contribution in [3.63, 3.8) is 0 Å². The summed E-state index contributed by atoms with van der Waals surface area (Å²) in [4.78, 5) is 11.2. The summed E-state index contributed by atoms with van der Waals surface area (Å²) in [6.45, 7) is 1.56. The molecule has 0 atom stereocenters. The SMILES string of the molecule is CCOC(=O)c1c(C#N)ccc(F)c1F. The molecule has 0 aliphatic heterocycles. The molecule has 78 valence electrons. The molecule has 5 heteroatoms. The highest BCUT2D eigenvalue weighted by molar-refractivity contribution is 5.92. The molecular formula is C10H7F2NO2. The van der Waals surface area contributed by atoms with E-state index in [1.54, 1.807) is 6.07 Å². The van der Waals surface area contributed by atoms with Gasteiger partial charge < -0.3 is 4.74 Å². The lowest BCUT2D eigenvalue weighted by atomic mass is 10.1. The predicted molar refractivity (Wildman–Crippen MR) is 47.0 cm³/mol. The fraction of sp³-hybridized carbons (Fsp3) is 0.200. The van der Waals surface area contributed by atoms with Gasteiger partial charge in [0.25, 0.3) is 0 Å². The van der Waals surface area contributed by atoms with Crippen molar-refractivity contribution in [1.29, 1.82) is 5.26 Å². The van der Waals surface area contributed by atoms with E-state index in [0.717, 1.165) is 12.1 Å². The van der Waals surface area contributed by atoms with E-state index in [1.165, 1.54) is 6.92 Å². The molecule has 0 spiro atoms. The van der Waals surface area contributed by atoms with Crippen molar-refractivity contribution < 1.29 is 18.3 Å². The van der Waals surface area contributed by atoms with Gasteiger partial charge in [0.15, 0.2) is 11.6 Å². The minimum atomic E-state index is -1.35. The highest BCUT2D eigenvalue weighted by atomic mass is 19.2. The molecule has 1 aromatic rings. The molecule has 0 heterocycles. The van der Waals surface area contributed by atoms with E-state index < -0.39 is 23.2 Å². The number of esters is 1. The molecule has 0 amide bonds. The molecular weight excluding hydrogens is 204 g/mol. The van der Waals surface area contributed by atoms with Crippen LogP contribution < -0.4 is 0 Å². The van der Waals surface area contributed by atoms with Crippen molar-refractivity contribution in [1.82, 2.24) is 0 Å². The largest absolute Gasteiger partial charge is 0.462 e. The first kappa shape index (κ1) is 11.1. The van der Waals surface area contributed by atoms with E-state index in [2.05, 4.69) is 4.74 Å². The number of halogens is 2. The summed E-state index contributed by atoms with van der Waals surface area (Å²) in [6.07, 6.45) is 0. The van der Waals surface area contributed by atoms with Crippen LogP contribution in [0.4, 0.5) is 8.78 Å². The van der Waals surface area contributed by atoms with Crippen LogP contribution in [-0.2, 0) is 4.74 Å². The van der Waals surface area contributed by atoms with Crippen LogP contribution in [-0.4, -0.2) is 12.6 Å². The van der Waals surface area contributed by atoms with E-state index in [0.29, 0.717) is 0 Å². The molecule has 0 saturated carbocycles. The number of benzene rings is 1. The molecule has 3 nitrogen and oxygen atoms in total. The minimum Gasteiger partial charge on any atom is -0.462 e. The Bertz CT molecular complexity index is 438. The molecule has 0 aliphatic rings. The monoisotopic (exact) mass is 211 g/mol. The smallest absolute Gasteiger partial charge is 0.342 e. The number of nitrogens with zero attached hydrogens (tertiary/aromatic N) is 1. The highest BCUT2D eigenvalue weighted by Gasteiger charge is 2.21. The lowest BCUT2D eigenvalue weighted by Crippen LogP contribution is -2.11. The van der Waals surface area contributed by atoms with Crippen LogP contribution >= 0.6 is 0 Å². The normalized spacial score (nSPS) is 9.47. The fourth-order valence-electron chi connectivity index (χ4n) is 1.05. The zero-order chi connectivity index (χ0) is 11.4. The average molecular weight is 211 g/mol. The van der Waals surface area contributed by atoms with Gasteiger partial charge in [0, 0.05) is 0 Å². The summed E-state index contributed by atoms with van der Waals surface area (Å²) in [5, 5.41) is 8.60. The lowest BCUT2D eigenvalue weighted by Gasteiger charge is -2.05. The summed E-state index contributed by atoms with van der Waals surface area (Å²) in [5.41, 5.74) is -0.897. The fourth-order valence-corrected chi connectivity index (χ4v) is 1.05. The van der Waals surface area contributed by atoms with E-state index in [1.807, 2.05) is 0 Å². The van der Waals surface area contributed by atoms with Crippen LogP contribution in [0.3, 0.4) is 0 Å². The molecule has 0 aromatic heterocycles. The van der Waals surface area contributed by atoms with Gasteiger partial charge in [-0.1, -0.05) is 0 Å². The molecule has 0 saturated heterocycles. The quantitative estimate of drug-likeness (QED) is 0.703. The number of nitriles is 1. The molecule has 0 bridgehead atoms. The second-order valence-corrected chi connectivity index (χ2v) is 2.62. The van der Waals surface area contributed by atoms with Gasteiger partial charge >= 0.3 is 5.97 Å². The van der Waals surface area contributed by atoms with Crippen LogP contribution in [0, 0.1) is 23.0 Å². The van der Waals surface area contributed by atoms with Crippen molar-refractivity contribution in [3.8, 4) is 6.07 Å². The van der Waals surface area contributed by atoms with Crippen LogP contribution in [0.15, 0.2) is 12.1 Å². The lowest BCUT2D eigenvalue weighted by molar-refractivity contribution is 0.0519. The van der Waals surface area contributed by atoms with Crippen LogP contribution in [0.5, 0.6) is 0 Å². The molecule has 0 aliphatic carbocycles. The van der Waals surface area contributed by atoms with Gasteiger partial charge in [0.1, 0.15) is 11.6 Å². The van der Waals surface area contributed by atoms with Crippen LogP contribution in [0.1, 0.15) is 22.8 Å². The summed E-state index contributed by atoms with van der Waals surface area (Å²) < 4.78 is 30.5. The predicted octanol–water partition coefficient (Wildman–Crippen LogP) is 2.01. The van der Waals surface area contributed by atoms with Gasteiger partial charge in [0.05, 0.1) is 12.2 Å². The summed E-state index contributed by atoms with van der Waals surface area (Å²) >= 11 is 0. The third-order valence-electron chi connectivity index (χ3n) is 1.69. The van der Waals surface area contributed by atoms with Crippen molar-refractivity contribution in [2.45, 2.75) is 6.92 Å². The average Bonchev–Trinajstić information content (AvgIpc) is 2.22. The molecule has 15 heavy (non-hydrogen) atoms. The second-order valence-electron chi connectivity index (χ2n) is 2.62. The van der Waals surface area contributed by atoms with Crippen molar-refractivity contribution in [2.75, 3.05) is 6.61 Å². The number of hydrogen-bond acceptors (Lipinski definition) is 3. The summed E-state index contributed by atoms with van der Waals surface area (Å²) in [7, 11) is 0. The maximum atomic E-state index is 13.2. The maximum Gasteiger partial charge on any atom is 0.342 e. The minimum absolute atomic E-state index is 0.0274. The van der Waals surface area contributed by atoms with Gasteiger partial charge in [-0.15, -0.1) is 0 Å². The zero-order valence-corrected chi connectivity index (χ0v) is 7.88. The van der Waals surface area contributed by atoms with E-state index in [9.17, 15) is 13.6 Å². The van der Waals surface area contributed by atoms with Gasteiger partial charge in [-0.3, -0.25) is 0 Å². The Morgan fingerprint density at radius 3 is 2.73 bits per heavy atom. The molecule has 0 radical (unpaired) electrons. The highest BCUT2D eigenvalue weighted by Crippen LogP contribution is 2.17. The Kier molecular flexibility index (Phi) is 3.34. The Hall–Kier alpha value is -1.96. The third kappa shape index (κ3) is 2.10. The van der Waals surface area contributed by atoms with Crippen molar-refractivity contribution >= 4 is 5.97 Å². The van der Waals surface area contributed by atoms with Gasteiger partial charge in [0.2, 0.25) is 0 Å². The van der Waals surface area contributed by atoms with Crippen molar-refractivity contribution in [2.24, 2.45) is 0 Å². The molecule has 0 N–H and O–H groups in total. The third-order valence-corrected chi connectivity index (χ3v) is 1.69. The van der Waals surface area contributed by atoms with Crippen LogP contribution in [0.2, 0.25) is 0 Å². The summed E-state index contributed by atoms with van der Waals surface area (Å²) in [6, 6.07) is 3.42. The zero-order valence-electron chi connectivity index (χ0n) is 7.88. The van der Waals surface area contributed by atoms with Gasteiger partial charge in [-0.2, -0.15) is 5.26 Å². The number of carbonyl (C=O) groups excluding carboxylic acids is 1.